The van der Waals surface area contributed by atoms with E-state index in [0.717, 1.165) is 11.3 Å². The average molecular weight is 416 g/mol. The summed E-state index contributed by atoms with van der Waals surface area (Å²) in [7, 11) is 1.80. The first-order chi connectivity index (χ1) is 13.4. The van der Waals surface area contributed by atoms with Gasteiger partial charge in [-0.15, -0.1) is 11.8 Å². The SMILES string of the molecule is Cc1c(NC(=O)[C@@H](C)SCc2ccc(Cl)cc2)c(=O)n(-c2ccccc2)n1C. The number of rotatable bonds is 6. The first-order valence-electron chi connectivity index (χ1n) is 8.89. The molecule has 0 fully saturated rings. The average Bonchev–Trinajstić information content (AvgIpc) is 2.91. The number of nitrogens with one attached hydrogen (secondary N) is 1. The molecule has 28 heavy (non-hydrogen) atoms. The highest BCUT2D eigenvalue weighted by molar-refractivity contribution is 7.99. The van der Waals surface area contributed by atoms with Crippen LogP contribution in [0.1, 0.15) is 18.2 Å². The van der Waals surface area contributed by atoms with E-state index in [1.165, 1.54) is 11.8 Å². The first-order valence-corrected chi connectivity index (χ1v) is 10.3. The number of amides is 1. The molecular formula is C21H22ClN3O2S. The molecule has 0 saturated carbocycles. The van der Waals surface area contributed by atoms with E-state index in [0.29, 0.717) is 22.2 Å². The van der Waals surface area contributed by atoms with Gasteiger partial charge in [-0.2, -0.15) is 0 Å². The summed E-state index contributed by atoms with van der Waals surface area (Å²) in [5.41, 5.74) is 2.63. The number of anilines is 1. The summed E-state index contributed by atoms with van der Waals surface area (Å²) in [6.45, 7) is 3.66. The van der Waals surface area contributed by atoms with Crippen molar-refractivity contribution in [3.05, 3.63) is 81.2 Å². The quantitative estimate of drug-likeness (QED) is 0.649. The molecule has 146 valence electrons. The summed E-state index contributed by atoms with van der Waals surface area (Å²) < 4.78 is 3.30. The molecule has 1 atom stereocenters. The topological polar surface area (TPSA) is 56.0 Å². The second-order valence-electron chi connectivity index (χ2n) is 6.51. The van der Waals surface area contributed by atoms with Gasteiger partial charge in [0.15, 0.2) is 0 Å². The Kier molecular flexibility index (Phi) is 6.31. The molecule has 0 bridgehead atoms. The fraction of sp³-hybridized carbons (Fsp3) is 0.238. The molecule has 2 aromatic carbocycles. The highest BCUT2D eigenvalue weighted by Gasteiger charge is 2.21. The third-order valence-corrected chi connectivity index (χ3v) is 6.05. The zero-order valence-electron chi connectivity index (χ0n) is 16.0. The zero-order chi connectivity index (χ0) is 20.3. The molecule has 0 aliphatic rings. The Labute approximate surface area is 173 Å². The molecule has 1 heterocycles. The fourth-order valence-electron chi connectivity index (χ4n) is 2.81. The molecule has 0 radical (unpaired) electrons. The summed E-state index contributed by atoms with van der Waals surface area (Å²) in [5, 5.41) is 3.20. The van der Waals surface area contributed by atoms with Crippen molar-refractivity contribution >= 4 is 35.0 Å². The maximum absolute atomic E-state index is 12.9. The third kappa shape index (κ3) is 4.34. The summed E-state index contributed by atoms with van der Waals surface area (Å²) in [6.07, 6.45) is 0. The Morgan fingerprint density at radius 2 is 1.79 bits per heavy atom. The zero-order valence-corrected chi connectivity index (χ0v) is 17.6. The Balaban J connectivity index is 1.73. The van der Waals surface area contributed by atoms with Crippen molar-refractivity contribution in [3.63, 3.8) is 0 Å². The molecule has 7 heteroatoms. The predicted molar refractivity (Wildman–Crippen MR) is 117 cm³/mol. The van der Waals surface area contributed by atoms with Crippen LogP contribution in [0.2, 0.25) is 5.02 Å². The predicted octanol–water partition coefficient (Wildman–Crippen LogP) is 4.40. The van der Waals surface area contributed by atoms with Gasteiger partial charge in [-0.3, -0.25) is 14.3 Å². The fourth-order valence-corrected chi connectivity index (χ4v) is 3.79. The summed E-state index contributed by atoms with van der Waals surface area (Å²) in [5.74, 6) is 0.498. The third-order valence-electron chi connectivity index (χ3n) is 4.58. The molecule has 0 aliphatic heterocycles. The highest BCUT2D eigenvalue weighted by atomic mass is 35.5. The van der Waals surface area contributed by atoms with Gasteiger partial charge in [0.2, 0.25) is 5.91 Å². The van der Waals surface area contributed by atoms with Gasteiger partial charge in [0.1, 0.15) is 5.69 Å². The van der Waals surface area contributed by atoms with Gasteiger partial charge in [-0.05, 0) is 43.7 Å². The van der Waals surface area contributed by atoms with E-state index in [9.17, 15) is 9.59 Å². The normalized spacial score (nSPS) is 12.0. The number of thioether (sulfide) groups is 1. The lowest BCUT2D eigenvalue weighted by molar-refractivity contribution is -0.115. The van der Waals surface area contributed by atoms with Crippen LogP contribution in [0.15, 0.2) is 59.4 Å². The number of carbonyl (C=O) groups excluding carboxylic acids is 1. The van der Waals surface area contributed by atoms with Gasteiger partial charge in [0.05, 0.1) is 16.6 Å². The Hall–Kier alpha value is -2.44. The molecule has 0 aliphatic carbocycles. The monoisotopic (exact) mass is 415 g/mol. The van der Waals surface area contributed by atoms with Gasteiger partial charge in [-0.25, -0.2) is 4.68 Å². The van der Waals surface area contributed by atoms with Crippen LogP contribution in [-0.4, -0.2) is 20.5 Å². The maximum Gasteiger partial charge on any atom is 0.295 e. The van der Waals surface area contributed by atoms with E-state index in [-0.39, 0.29) is 16.7 Å². The molecule has 5 nitrogen and oxygen atoms in total. The van der Waals surface area contributed by atoms with Crippen LogP contribution in [0.25, 0.3) is 5.69 Å². The molecule has 1 N–H and O–H groups in total. The van der Waals surface area contributed by atoms with Crippen molar-refractivity contribution in [1.29, 1.82) is 0 Å². The van der Waals surface area contributed by atoms with E-state index in [1.807, 2.05) is 68.4 Å². The lowest BCUT2D eigenvalue weighted by atomic mass is 10.2. The molecule has 0 unspecified atom stereocenters. The van der Waals surface area contributed by atoms with Gasteiger partial charge < -0.3 is 5.32 Å². The van der Waals surface area contributed by atoms with Crippen molar-refractivity contribution in [3.8, 4) is 5.69 Å². The maximum atomic E-state index is 12.9. The van der Waals surface area contributed by atoms with E-state index in [4.69, 9.17) is 11.6 Å². The van der Waals surface area contributed by atoms with Crippen molar-refractivity contribution in [2.75, 3.05) is 5.32 Å². The minimum Gasteiger partial charge on any atom is -0.319 e. The second kappa shape index (κ2) is 8.71. The summed E-state index contributed by atoms with van der Waals surface area (Å²) in [6, 6.07) is 16.9. The number of benzene rings is 2. The number of hydrogen-bond donors (Lipinski definition) is 1. The molecule has 0 spiro atoms. The van der Waals surface area contributed by atoms with Gasteiger partial charge >= 0.3 is 0 Å². The largest absolute Gasteiger partial charge is 0.319 e. The van der Waals surface area contributed by atoms with Gasteiger partial charge in [0.25, 0.3) is 5.56 Å². The molecule has 1 amide bonds. The van der Waals surface area contributed by atoms with E-state index >= 15 is 0 Å². The van der Waals surface area contributed by atoms with Crippen LogP contribution >= 0.6 is 23.4 Å². The molecular weight excluding hydrogens is 394 g/mol. The van der Waals surface area contributed by atoms with Crippen LogP contribution in [-0.2, 0) is 17.6 Å². The van der Waals surface area contributed by atoms with Crippen molar-refractivity contribution in [2.45, 2.75) is 24.9 Å². The number of para-hydroxylation sites is 1. The van der Waals surface area contributed by atoms with Crippen LogP contribution in [0, 0.1) is 6.92 Å². The second-order valence-corrected chi connectivity index (χ2v) is 8.27. The molecule has 1 aromatic heterocycles. The number of carbonyl (C=O) groups is 1. The lowest BCUT2D eigenvalue weighted by Gasteiger charge is -2.11. The minimum atomic E-state index is -0.306. The Morgan fingerprint density at radius 1 is 1.14 bits per heavy atom. The lowest BCUT2D eigenvalue weighted by Crippen LogP contribution is -2.27. The summed E-state index contributed by atoms with van der Waals surface area (Å²) in [4.78, 5) is 25.5. The van der Waals surface area contributed by atoms with Crippen LogP contribution in [0.3, 0.4) is 0 Å². The first kappa shape index (κ1) is 20.3. The molecule has 0 saturated heterocycles. The Morgan fingerprint density at radius 3 is 2.43 bits per heavy atom. The smallest absolute Gasteiger partial charge is 0.295 e. The van der Waals surface area contributed by atoms with Gasteiger partial charge in [0, 0.05) is 17.8 Å². The number of nitrogens with zero attached hydrogens (tertiary/aromatic N) is 2. The minimum absolute atomic E-state index is 0.190. The molecule has 3 rings (SSSR count). The summed E-state index contributed by atoms with van der Waals surface area (Å²) >= 11 is 7.41. The highest BCUT2D eigenvalue weighted by Crippen LogP contribution is 2.21. The Bertz CT molecular complexity index is 1030. The van der Waals surface area contributed by atoms with Crippen LogP contribution < -0.4 is 10.9 Å². The van der Waals surface area contributed by atoms with Gasteiger partial charge in [-0.1, -0.05) is 41.9 Å². The van der Waals surface area contributed by atoms with E-state index < -0.39 is 0 Å². The number of aromatic nitrogens is 2. The van der Waals surface area contributed by atoms with Crippen LogP contribution in [0.4, 0.5) is 5.69 Å². The van der Waals surface area contributed by atoms with E-state index in [2.05, 4.69) is 5.32 Å². The molecule has 3 aromatic rings. The van der Waals surface area contributed by atoms with Crippen molar-refractivity contribution < 1.29 is 4.79 Å². The van der Waals surface area contributed by atoms with Crippen LogP contribution in [0.5, 0.6) is 0 Å². The van der Waals surface area contributed by atoms with Crippen molar-refractivity contribution in [1.82, 2.24) is 9.36 Å². The van der Waals surface area contributed by atoms with E-state index in [1.54, 1.807) is 16.4 Å². The number of hydrogen-bond acceptors (Lipinski definition) is 3. The van der Waals surface area contributed by atoms with Crippen molar-refractivity contribution in [2.24, 2.45) is 7.05 Å². The number of halogens is 1. The standard InChI is InChI=1S/C21H22ClN3O2S/c1-14-19(21(27)25(24(14)3)18-7-5-4-6-8-18)23-20(26)15(2)28-13-16-9-11-17(22)12-10-16/h4-12,15H,13H2,1-3H3,(H,23,26)/t15-/m1/s1.